The van der Waals surface area contributed by atoms with Crippen LogP contribution in [-0.2, 0) is 6.42 Å². The van der Waals surface area contributed by atoms with Crippen LogP contribution in [0.1, 0.15) is 25.8 Å². The lowest BCUT2D eigenvalue weighted by molar-refractivity contribution is 0.314. The number of fused-ring (bicyclic) bond motifs is 1. The Kier molecular flexibility index (Phi) is 4.81. The molecule has 1 nitrogen and oxygen atoms in total. The van der Waals surface area contributed by atoms with E-state index in [1.165, 1.54) is 12.1 Å². The van der Waals surface area contributed by atoms with Crippen molar-refractivity contribution in [1.29, 1.82) is 0 Å². The first-order valence-corrected chi connectivity index (χ1v) is 8.70. The number of ether oxygens (including phenoxy) is 1. The molecule has 0 atom stereocenters. The molecule has 5 heteroatoms. The molecular formula is C19H17F3OS. The fourth-order valence-electron chi connectivity index (χ4n) is 2.69. The third kappa shape index (κ3) is 2.88. The summed E-state index contributed by atoms with van der Waals surface area (Å²) in [4.78, 5) is 0.497. The van der Waals surface area contributed by atoms with E-state index in [4.69, 9.17) is 4.74 Å². The summed E-state index contributed by atoms with van der Waals surface area (Å²) >= 11 is 1.14. The van der Waals surface area contributed by atoms with Gasteiger partial charge in [0.25, 0.3) is 0 Å². The molecule has 2 aromatic carbocycles. The van der Waals surface area contributed by atoms with Gasteiger partial charge in [-0.15, -0.1) is 11.3 Å². The first kappa shape index (κ1) is 16.8. The van der Waals surface area contributed by atoms with Crippen molar-refractivity contribution in [1.82, 2.24) is 0 Å². The highest BCUT2D eigenvalue weighted by Crippen LogP contribution is 2.39. The lowest BCUT2D eigenvalue weighted by atomic mass is 10.1. The van der Waals surface area contributed by atoms with Crippen LogP contribution in [0.15, 0.2) is 30.3 Å². The van der Waals surface area contributed by atoms with Crippen LogP contribution in [0.2, 0.25) is 0 Å². The molecule has 0 aliphatic rings. The van der Waals surface area contributed by atoms with E-state index in [1.54, 1.807) is 19.1 Å². The molecule has 3 aromatic rings. The highest BCUT2D eigenvalue weighted by Gasteiger charge is 2.18. The van der Waals surface area contributed by atoms with E-state index in [0.717, 1.165) is 17.8 Å². The average Bonchev–Trinajstić information content (AvgIpc) is 3.00. The predicted octanol–water partition coefficient (Wildman–Crippen LogP) is 6.34. The molecule has 0 unspecified atom stereocenters. The minimum absolute atomic E-state index is 0.115. The van der Waals surface area contributed by atoms with Gasteiger partial charge in [0.05, 0.1) is 11.3 Å². The maximum Gasteiger partial charge on any atom is 0.201 e. The number of hydrogen-bond donors (Lipinski definition) is 0. The molecule has 1 heterocycles. The van der Waals surface area contributed by atoms with Crippen LogP contribution in [-0.4, -0.2) is 6.61 Å². The monoisotopic (exact) mass is 350 g/mol. The molecule has 0 saturated heterocycles. The number of halogens is 3. The molecule has 1 aromatic heterocycles. The number of hydrogen-bond acceptors (Lipinski definition) is 2. The third-order valence-corrected chi connectivity index (χ3v) is 5.01. The van der Waals surface area contributed by atoms with E-state index in [2.05, 4.69) is 0 Å². The number of rotatable bonds is 5. The van der Waals surface area contributed by atoms with Gasteiger partial charge in [-0.05, 0) is 42.5 Å². The molecule has 24 heavy (non-hydrogen) atoms. The van der Waals surface area contributed by atoms with Crippen LogP contribution < -0.4 is 4.74 Å². The van der Waals surface area contributed by atoms with E-state index < -0.39 is 11.6 Å². The van der Waals surface area contributed by atoms with Crippen LogP contribution >= 0.6 is 11.3 Å². The Hall–Kier alpha value is -2.01. The Balaban J connectivity index is 2.10. The number of benzene rings is 2. The molecule has 0 spiro atoms. The van der Waals surface area contributed by atoms with Gasteiger partial charge in [0.2, 0.25) is 5.82 Å². The van der Waals surface area contributed by atoms with Gasteiger partial charge in [-0.3, -0.25) is 0 Å². The highest BCUT2D eigenvalue weighted by atomic mass is 32.1. The molecule has 0 saturated carbocycles. The van der Waals surface area contributed by atoms with Crippen molar-refractivity contribution in [2.75, 3.05) is 6.61 Å². The van der Waals surface area contributed by atoms with Gasteiger partial charge in [0.1, 0.15) is 5.82 Å². The summed E-state index contributed by atoms with van der Waals surface area (Å²) in [5.74, 6) is -2.37. The topological polar surface area (TPSA) is 9.23 Å². The number of aryl methyl sites for hydroxylation is 1. The maximum absolute atomic E-state index is 14.6. The van der Waals surface area contributed by atoms with E-state index in [-0.39, 0.29) is 23.7 Å². The lowest BCUT2D eigenvalue weighted by Crippen LogP contribution is -1.98. The van der Waals surface area contributed by atoms with Crippen molar-refractivity contribution in [3.8, 4) is 16.2 Å². The van der Waals surface area contributed by atoms with Gasteiger partial charge in [-0.1, -0.05) is 25.5 Å². The van der Waals surface area contributed by atoms with Gasteiger partial charge in [-0.2, -0.15) is 4.39 Å². The SMILES string of the molecule is CCCc1ccc2cc(-c3ccc(OCC)c(F)c3F)sc2c1F. The zero-order chi connectivity index (χ0) is 17.3. The Bertz CT molecular complexity index is 886. The molecule has 0 amide bonds. The molecular weight excluding hydrogens is 333 g/mol. The standard InChI is InChI=1S/C19H17F3OS/c1-3-5-11-6-7-12-10-15(24-19(12)16(11)20)13-8-9-14(23-4-2)18(22)17(13)21/h6-10H,3-5H2,1-2H3. The van der Waals surface area contributed by atoms with Crippen LogP contribution in [0.3, 0.4) is 0 Å². The van der Waals surface area contributed by atoms with Crippen molar-refractivity contribution in [2.24, 2.45) is 0 Å². The predicted molar refractivity (Wildman–Crippen MR) is 92.3 cm³/mol. The Labute approximate surface area is 142 Å². The fourth-order valence-corrected chi connectivity index (χ4v) is 3.83. The van der Waals surface area contributed by atoms with Crippen LogP contribution in [0.4, 0.5) is 13.2 Å². The summed E-state index contributed by atoms with van der Waals surface area (Å²) in [6, 6.07) is 8.15. The van der Waals surface area contributed by atoms with Crippen molar-refractivity contribution in [3.63, 3.8) is 0 Å². The molecule has 0 aliphatic heterocycles. The van der Waals surface area contributed by atoms with Gasteiger partial charge in [0.15, 0.2) is 11.6 Å². The Morgan fingerprint density at radius 1 is 0.958 bits per heavy atom. The zero-order valence-electron chi connectivity index (χ0n) is 13.5. The summed E-state index contributed by atoms with van der Waals surface area (Å²) in [7, 11) is 0. The van der Waals surface area contributed by atoms with Crippen LogP contribution in [0.25, 0.3) is 20.5 Å². The highest BCUT2D eigenvalue weighted by molar-refractivity contribution is 7.22. The molecule has 0 N–H and O–H groups in total. The Morgan fingerprint density at radius 2 is 1.75 bits per heavy atom. The molecule has 126 valence electrons. The van der Waals surface area contributed by atoms with E-state index in [0.29, 0.717) is 26.9 Å². The summed E-state index contributed by atoms with van der Waals surface area (Å²) in [5, 5.41) is 0.695. The minimum Gasteiger partial charge on any atom is -0.491 e. The molecule has 0 aliphatic carbocycles. The largest absolute Gasteiger partial charge is 0.491 e. The van der Waals surface area contributed by atoms with Crippen molar-refractivity contribution in [3.05, 3.63) is 53.3 Å². The first-order valence-electron chi connectivity index (χ1n) is 7.88. The van der Waals surface area contributed by atoms with E-state index in [1.807, 2.05) is 13.0 Å². The molecule has 3 rings (SSSR count). The lowest BCUT2D eigenvalue weighted by Gasteiger charge is -2.07. The third-order valence-electron chi connectivity index (χ3n) is 3.84. The van der Waals surface area contributed by atoms with Crippen molar-refractivity contribution in [2.45, 2.75) is 26.7 Å². The van der Waals surface area contributed by atoms with E-state index >= 15 is 0 Å². The second-order valence-corrected chi connectivity index (χ2v) is 6.54. The molecule has 0 bridgehead atoms. The fraction of sp³-hybridized carbons (Fsp3) is 0.263. The second-order valence-electron chi connectivity index (χ2n) is 5.49. The molecule has 0 radical (unpaired) electrons. The summed E-state index contributed by atoms with van der Waals surface area (Å²) in [5.41, 5.74) is 0.769. The van der Waals surface area contributed by atoms with Gasteiger partial charge >= 0.3 is 0 Å². The smallest absolute Gasteiger partial charge is 0.201 e. The quantitative estimate of drug-likeness (QED) is 0.522. The summed E-state index contributed by atoms with van der Waals surface area (Å²) in [6.45, 7) is 3.94. The van der Waals surface area contributed by atoms with Crippen LogP contribution in [0, 0.1) is 17.5 Å². The van der Waals surface area contributed by atoms with Crippen LogP contribution in [0.5, 0.6) is 5.75 Å². The maximum atomic E-state index is 14.6. The van der Waals surface area contributed by atoms with E-state index in [9.17, 15) is 13.2 Å². The zero-order valence-corrected chi connectivity index (χ0v) is 14.3. The summed E-state index contributed by atoms with van der Waals surface area (Å²) < 4.78 is 48.5. The molecule has 0 fully saturated rings. The average molecular weight is 350 g/mol. The summed E-state index contributed by atoms with van der Waals surface area (Å²) in [6.07, 6.45) is 1.50. The van der Waals surface area contributed by atoms with Crippen molar-refractivity contribution >= 4 is 21.4 Å². The second kappa shape index (κ2) is 6.85. The Morgan fingerprint density at radius 3 is 2.46 bits per heavy atom. The first-order chi connectivity index (χ1) is 11.6. The number of thiophene rings is 1. The van der Waals surface area contributed by atoms with Gasteiger partial charge in [-0.25, -0.2) is 8.78 Å². The normalized spacial score (nSPS) is 11.2. The van der Waals surface area contributed by atoms with Gasteiger partial charge < -0.3 is 4.74 Å². The minimum atomic E-state index is -1.01. The van der Waals surface area contributed by atoms with Gasteiger partial charge in [0, 0.05) is 10.4 Å². The van der Waals surface area contributed by atoms with Crippen molar-refractivity contribution < 1.29 is 17.9 Å².